The summed E-state index contributed by atoms with van der Waals surface area (Å²) in [5.74, 6) is 0.386. The predicted octanol–water partition coefficient (Wildman–Crippen LogP) is 5.48. The van der Waals surface area contributed by atoms with Gasteiger partial charge in [-0.25, -0.2) is 4.79 Å². The van der Waals surface area contributed by atoms with Gasteiger partial charge in [0.25, 0.3) is 0 Å². The summed E-state index contributed by atoms with van der Waals surface area (Å²) in [6.45, 7) is 0.664. The molecule has 0 bridgehead atoms. The first-order valence-corrected chi connectivity index (χ1v) is 8.23. The van der Waals surface area contributed by atoms with Crippen molar-refractivity contribution in [3.8, 4) is 0 Å². The Balaban J connectivity index is 1.88. The average molecular weight is 328 g/mol. The molecule has 1 aromatic rings. The minimum atomic E-state index is -4.49. The van der Waals surface area contributed by atoms with Crippen LogP contribution in [0.1, 0.15) is 67.3 Å². The number of hydrogen-bond donors (Lipinski definition) is 0. The fourth-order valence-electron chi connectivity index (χ4n) is 3.31. The molecule has 0 heterocycles. The van der Waals surface area contributed by atoms with E-state index in [9.17, 15) is 18.0 Å². The van der Waals surface area contributed by atoms with Crippen LogP contribution in [0.3, 0.4) is 0 Å². The summed E-state index contributed by atoms with van der Waals surface area (Å²) in [7, 11) is 0. The number of ether oxygens (including phenoxy) is 1. The largest absolute Gasteiger partial charge is 0.452 e. The van der Waals surface area contributed by atoms with Crippen LogP contribution in [0.5, 0.6) is 0 Å². The third-order valence-corrected chi connectivity index (χ3v) is 4.53. The molecule has 0 spiro atoms. The lowest BCUT2D eigenvalue weighted by Crippen LogP contribution is -2.20. The maximum absolute atomic E-state index is 12.0. The third kappa shape index (κ3) is 5.56. The van der Waals surface area contributed by atoms with Crippen LogP contribution < -0.4 is 0 Å². The molecule has 1 aromatic carbocycles. The number of carbonyl (C=O) groups excluding carboxylic acids is 1. The van der Waals surface area contributed by atoms with E-state index in [-0.39, 0.29) is 5.56 Å². The summed E-state index contributed by atoms with van der Waals surface area (Å²) >= 11 is 0. The number of hydrogen-bond acceptors (Lipinski definition) is 2. The van der Waals surface area contributed by atoms with Crippen LogP contribution in [0.15, 0.2) is 24.3 Å². The van der Waals surface area contributed by atoms with Crippen molar-refractivity contribution in [1.29, 1.82) is 0 Å². The lowest BCUT2D eigenvalue weighted by Gasteiger charge is -2.28. The molecular weight excluding hydrogens is 305 g/mol. The molecule has 0 unspecified atom stereocenters. The van der Waals surface area contributed by atoms with Crippen LogP contribution in [-0.2, 0) is 4.74 Å². The van der Waals surface area contributed by atoms with Crippen molar-refractivity contribution in [2.75, 3.05) is 6.61 Å². The van der Waals surface area contributed by atoms with E-state index >= 15 is 0 Å². The van der Waals surface area contributed by atoms with E-state index in [1.807, 2.05) is 12.1 Å². The van der Waals surface area contributed by atoms with Crippen LogP contribution in [0.4, 0.5) is 13.2 Å². The molecule has 1 aliphatic carbocycles. The number of alkyl halides is 3. The van der Waals surface area contributed by atoms with Gasteiger partial charge in [0.1, 0.15) is 0 Å². The average Bonchev–Trinajstić information content (AvgIpc) is 2.53. The molecule has 2 rings (SSSR count). The second-order valence-corrected chi connectivity index (χ2v) is 6.32. The molecule has 0 atom stereocenters. The minimum Gasteiger partial charge on any atom is -0.452 e. The number of benzene rings is 1. The van der Waals surface area contributed by atoms with Gasteiger partial charge < -0.3 is 4.74 Å². The van der Waals surface area contributed by atoms with Gasteiger partial charge in [-0.2, -0.15) is 13.2 Å². The normalized spacial score (nSPS) is 21.9. The van der Waals surface area contributed by atoms with Gasteiger partial charge in [-0.05, 0) is 55.2 Å². The van der Waals surface area contributed by atoms with Crippen molar-refractivity contribution in [3.05, 3.63) is 35.4 Å². The highest BCUT2D eigenvalue weighted by Gasteiger charge is 2.30. The minimum absolute atomic E-state index is 0.165. The quantitative estimate of drug-likeness (QED) is 0.669. The van der Waals surface area contributed by atoms with E-state index < -0.39 is 18.8 Å². The van der Waals surface area contributed by atoms with E-state index in [1.54, 1.807) is 12.1 Å². The zero-order valence-electron chi connectivity index (χ0n) is 13.4. The Kier molecular flexibility index (Phi) is 6.08. The van der Waals surface area contributed by atoms with E-state index in [1.165, 1.54) is 25.7 Å². The topological polar surface area (TPSA) is 26.3 Å². The van der Waals surface area contributed by atoms with Gasteiger partial charge in [-0.15, -0.1) is 0 Å². The first-order chi connectivity index (χ1) is 10.9. The molecule has 1 aliphatic rings. The predicted molar refractivity (Wildman–Crippen MR) is 82.4 cm³/mol. The Labute approximate surface area is 135 Å². The van der Waals surface area contributed by atoms with Crippen LogP contribution in [-0.4, -0.2) is 18.8 Å². The first-order valence-electron chi connectivity index (χ1n) is 8.23. The van der Waals surface area contributed by atoms with Crippen molar-refractivity contribution < 1.29 is 22.7 Å². The van der Waals surface area contributed by atoms with Gasteiger partial charge in [-0.1, -0.05) is 31.9 Å². The highest BCUT2D eigenvalue weighted by Crippen LogP contribution is 2.37. The fourth-order valence-corrected chi connectivity index (χ4v) is 3.31. The molecule has 128 valence electrons. The first kappa shape index (κ1) is 17.8. The van der Waals surface area contributed by atoms with Crippen molar-refractivity contribution in [2.24, 2.45) is 5.92 Å². The molecule has 2 nitrogen and oxygen atoms in total. The molecule has 0 aromatic heterocycles. The Morgan fingerprint density at radius 3 is 2.26 bits per heavy atom. The van der Waals surface area contributed by atoms with Crippen LogP contribution in [0.2, 0.25) is 0 Å². The number of halogens is 3. The SMILES string of the molecule is CCCC1CCC(c2ccc(C(=O)OCC(F)(F)F)cc2)CC1. The molecule has 0 amide bonds. The van der Waals surface area contributed by atoms with Crippen molar-refractivity contribution in [2.45, 2.75) is 57.5 Å². The smallest absolute Gasteiger partial charge is 0.422 e. The van der Waals surface area contributed by atoms with Crippen LogP contribution in [0.25, 0.3) is 0 Å². The second-order valence-electron chi connectivity index (χ2n) is 6.32. The molecule has 5 heteroatoms. The molecule has 23 heavy (non-hydrogen) atoms. The van der Waals surface area contributed by atoms with Gasteiger partial charge in [0.05, 0.1) is 5.56 Å². The zero-order chi connectivity index (χ0) is 16.9. The highest BCUT2D eigenvalue weighted by atomic mass is 19.4. The standard InChI is InChI=1S/C18H23F3O2/c1-2-3-13-4-6-14(7-5-13)15-8-10-16(11-9-15)17(22)23-12-18(19,20)21/h8-11,13-14H,2-7,12H2,1H3. The summed E-state index contributed by atoms with van der Waals surface area (Å²) in [4.78, 5) is 11.6. The van der Waals surface area contributed by atoms with Crippen molar-refractivity contribution >= 4 is 5.97 Å². The molecule has 0 saturated heterocycles. The van der Waals surface area contributed by atoms with Gasteiger partial charge in [0, 0.05) is 0 Å². The van der Waals surface area contributed by atoms with E-state index in [2.05, 4.69) is 11.7 Å². The zero-order valence-corrected chi connectivity index (χ0v) is 13.4. The third-order valence-electron chi connectivity index (χ3n) is 4.53. The lowest BCUT2D eigenvalue weighted by atomic mass is 9.77. The number of carbonyl (C=O) groups is 1. The monoisotopic (exact) mass is 328 g/mol. The van der Waals surface area contributed by atoms with Crippen molar-refractivity contribution in [1.82, 2.24) is 0 Å². The summed E-state index contributed by atoms with van der Waals surface area (Å²) in [5, 5.41) is 0. The van der Waals surface area contributed by atoms with Gasteiger partial charge in [0.2, 0.25) is 0 Å². The highest BCUT2D eigenvalue weighted by molar-refractivity contribution is 5.89. The molecule has 0 radical (unpaired) electrons. The number of rotatable bonds is 5. The summed E-state index contributed by atoms with van der Waals surface area (Å²) in [6.07, 6.45) is 2.76. The van der Waals surface area contributed by atoms with Gasteiger partial charge in [-0.3, -0.25) is 0 Å². The maximum Gasteiger partial charge on any atom is 0.422 e. The molecule has 1 saturated carbocycles. The van der Waals surface area contributed by atoms with Gasteiger partial charge >= 0.3 is 12.1 Å². The Bertz CT molecular complexity index is 500. The van der Waals surface area contributed by atoms with E-state index in [0.29, 0.717) is 5.92 Å². The summed E-state index contributed by atoms with van der Waals surface area (Å²) in [6, 6.07) is 6.81. The molecule has 0 N–H and O–H groups in total. The molecule has 1 fully saturated rings. The summed E-state index contributed by atoms with van der Waals surface area (Å²) < 4.78 is 40.4. The Hall–Kier alpha value is -1.52. The van der Waals surface area contributed by atoms with Crippen LogP contribution >= 0.6 is 0 Å². The second kappa shape index (κ2) is 7.84. The molecule has 0 aliphatic heterocycles. The van der Waals surface area contributed by atoms with E-state index in [4.69, 9.17) is 0 Å². The summed E-state index contributed by atoms with van der Waals surface area (Å²) in [5.41, 5.74) is 1.32. The number of esters is 1. The Morgan fingerprint density at radius 2 is 1.74 bits per heavy atom. The lowest BCUT2D eigenvalue weighted by molar-refractivity contribution is -0.161. The maximum atomic E-state index is 12.0. The van der Waals surface area contributed by atoms with Crippen molar-refractivity contribution in [3.63, 3.8) is 0 Å². The van der Waals surface area contributed by atoms with Crippen LogP contribution in [0, 0.1) is 5.92 Å². The molecular formula is C18H23F3O2. The Morgan fingerprint density at radius 1 is 1.13 bits per heavy atom. The van der Waals surface area contributed by atoms with E-state index in [0.717, 1.165) is 24.3 Å². The van der Waals surface area contributed by atoms with Gasteiger partial charge in [0.15, 0.2) is 6.61 Å². The fraction of sp³-hybridized carbons (Fsp3) is 0.611.